The lowest BCUT2D eigenvalue weighted by molar-refractivity contribution is 0.213. The van der Waals surface area contributed by atoms with Crippen molar-refractivity contribution in [3.63, 3.8) is 0 Å². The van der Waals surface area contributed by atoms with E-state index in [9.17, 15) is 4.79 Å². The van der Waals surface area contributed by atoms with Crippen molar-refractivity contribution >= 4 is 11.0 Å². The molecule has 124 valence electrons. The number of likely N-dealkylation sites (tertiary alicyclic amines) is 1. The summed E-state index contributed by atoms with van der Waals surface area (Å²) >= 11 is 0. The van der Waals surface area contributed by atoms with Crippen molar-refractivity contribution in [1.29, 1.82) is 0 Å². The van der Waals surface area contributed by atoms with Crippen LogP contribution in [0.4, 0.5) is 0 Å². The molecule has 0 radical (unpaired) electrons. The molecule has 0 aliphatic carbocycles. The van der Waals surface area contributed by atoms with Crippen molar-refractivity contribution in [2.75, 3.05) is 13.1 Å². The molecule has 0 amide bonds. The van der Waals surface area contributed by atoms with E-state index < -0.39 is 0 Å². The highest BCUT2D eigenvalue weighted by Gasteiger charge is 2.24. The van der Waals surface area contributed by atoms with E-state index in [1.54, 1.807) is 6.20 Å². The van der Waals surface area contributed by atoms with Crippen molar-refractivity contribution < 1.29 is 0 Å². The molecule has 1 fully saturated rings. The summed E-state index contributed by atoms with van der Waals surface area (Å²) in [6.07, 6.45) is 4.55. The molecule has 2 aromatic rings. The lowest BCUT2D eigenvalue weighted by atomic mass is 10.1. The van der Waals surface area contributed by atoms with Crippen molar-refractivity contribution in [3.8, 4) is 0 Å². The Kier molecular flexibility index (Phi) is 4.24. The maximum absolute atomic E-state index is 12.3. The maximum atomic E-state index is 12.3. The van der Waals surface area contributed by atoms with Crippen molar-refractivity contribution in [1.82, 2.24) is 24.6 Å². The summed E-state index contributed by atoms with van der Waals surface area (Å²) in [5, 5.41) is 5.05. The third kappa shape index (κ3) is 3.16. The number of hydrogen-bond donors (Lipinski definition) is 1. The fraction of sp³-hybridized carbons (Fsp3) is 0.588. The van der Waals surface area contributed by atoms with Crippen LogP contribution in [0.3, 0.4) is 0 Å². The number of aromatic amines is 1. The quantitative estimate of drug-likeness (QED) is 0.941. The largest absolute Gasteiger partial charge is 0.373 e. The predicted octanol–water partition coefficient (Wildman–Crippen LogP) is 2.49. The predicted molar refractivity (Wildman–Crippen MR) is 91.3 cm³/mol. The Hall–Kier alpha value is -2.11. The van der Waals surface area contributed by atoms with Crippen molar-refractivity contribution in [3.05, 3.63) is 34.7 Å². The summed E-state index contributed by atoms with van der Waals surface area (Å²) in [6.45, 7) is 12.2. The average Bonchev–Trinajstić information content (AvgIpc) is 2.91. The Balaban J connectivity index is 1.99. The highest BCUT2D eigenvalue weighted by Crippen LogP contribution is 2.25. The van der Waals surface area contributed by atoms with Gasteiger partial charge in [0.15, 0.2) is 5.65 Å². The third-order valence-electron chi connectivity index (χ3n) is 4.40. The molecule has 0 aromatic carbocycles. The van der Waals surface area contributed by atoms with Crippen LogP contribution in [0.2, 0.25) is 0 Å². The van der Waals surface area contributed by atoms with Crippen LogP contribution in [-0.4, -0.2) is 37.7 Å². The first-order chi connectivity index (χ1) is 11.0. The molecular weight excluding hydrogens is 290 g/mol. The van der Waals surface area contributed by atoms with Gasteiger partial charge in [-0.2, -0.15) is 5.10 Å². The van der Waals surface area contributed by atoms with Gasteiger partial charge in [-0.25, -0.2) is 9.67 Å². The van der Waals surface area contributed by atoms with E-state index in [0.29, 0.717) is 17.0 Å². The van der Waals surface area contributed by atoms with Crippen molar-refractivity contribution in [2.24, 2.45) is 5.92 Å². The zero-order valence-electron chi connectivity index (χ0n) is 14.2. The van der Waals surface area contributed by atoms with E-state index in [1.807, 2.05) is 11.6 Å². The number of H-pyrrole nitrogens is 1. The molecule has 0 bridgehead atoms. The molecule has 6 nitrogen and oxygen atoms in total. The summed E-state index contributed by atoms with van der Waals surface area (Å²) in [4.78, 5) is 22.1. The number of rotatable bonds is 4. The number of piperidine rings is 1. The minimum atomic E-state index is -0.0931. The van der Waals surface area contributed by atoms with E-state index in [-0.39, 0.29) is 11.6 Å². The topological polar surface area (TPSA) is 66.8 Å². The Morgan fingerprint density at radius 1 is 1.52 bits per heavy atom. The minimum absolute atomic E-state index is 0.0931. The van der Waals surface area contributed by atoms with Crippen LogP contribution in [0.25, 0.3) is 11.0 Å². The van der Waals surface area contributed by atoms with E-state index in [2.05, 4.69) is 40.4 Å². The van der Waals surface area contributed by atoms with E-state index in [1.165, 1.54) is 0 Å². The van der Waals surface area contributed by atoms with Gasteiger partial charge >= 0.3 is 0 Å². The molecule has 1 saturated heterocycles. The van der Waals surface area contributed by atoms with Gasteiger partial charge in [0.05, 0.1) is 12.2 Å². The zero-order chi connectivity index (χ0) is 16.6. The van der Waals surface area contributed by atoms with Crippen LogP contribution in [-0.2, 0) is 6.42 Å². The summed E-state index contributed by atoms with van der Waals surface area (Å²) in [7, 11) is 0. The first-order valence-electron chi connectivity index (χ1n) is 8.32. The van der Waals surface area contributed by atoms with Gasteiger partial charge in [-0.05, 0) is 25.7 Å². The standard InChI is InChI=1S/C17H25N5O/c1-11(2)8-15-19-16-14(17(23)20-15)9-18-22(16)13-6-5-7-21(10-13)12(3)4/h9,11,13H,3,5-8,10H2,1-2,4H3,(H,19,20,23). The summed E-state index contributed by atoms with van der Waals surface area (Å²) < 4.78 is 1.93. The molecule has 1 unspecified atom stereocenters. The number of hydrogen-bond acceptors (Lipinski definition) is 4. The van der Waals surface area contributed by atoms with Crippen LogP contribution in [0.5, 0.6) is 0 Å². The molecule has 1 aliphatic rings. The zero-order valence-corrected chi connectivity index (χ0v) is 14.2. The molecule has 1 atom stereocenters. The van der Waals surface area contributed by atoms with Crippen molar-refractivity contribution in [2.45, 2.75) is 46.1 Å². The van der Waals surface area contributed by atoms with Crippen LogP contribution < -0.4 is 5.56 Å². The number of aromatic nitrogens is 4. The molecule has 0 saturated carbocycles. The second-order valence-corrected chi connectivity index (χ2v) is 6.91. The lowest BCUT2D eigenvalue weighted by Gasteiger charge is -2.34. The number of allylic oxidation sites excluding steroid dienone is 1. The smallest absolute Gasteiger partial charge is 0.262 e. The maximum Gasteiger partial charge on any atom is 0.262 e. The van der Waals surface area contributed by atoms with Gasteiger partial charge in [0, 0.05) is 25.2 Å². The van der Waals surface area contributed by atoms with Gasteiger partial charge in [-0.3, -0.25) is 4.79 Å². The first-order valence-corrected chi connectivity index (χ1v) is 8.32. The van der Waals surface area contributed by atoms with Gasteiger partial charge < -0.3 is 9.88 Å². The average molecular weight is 315 g/mol. The normalized spacial score (nSPS) is 18.8. The molecule has 0 spiro atoms. The first kappa shape index (κ1) is 15.8. The second-order valence-electron chi connectivity index (χ2n) is 6.91. The molecule has 2 aromatic heterocycles. The molecule has 3 heterocycles. The van der Waals surface area contributed by atoms with Gasteiger partial charge in [0.1, 0.15) is 11.2 Å². The number of nitrogens with one attached hydrogen (secondary N) is 1. The van der Waals surface area contributed by atoms with Gasteiger partial charge in [-0.15, -0.1) is 0 Å². The lowest BCUT2D eigenvalue weighted by Crippen LogP contribution is -2.35. The minimum Gasteiger partial charge on any atom is -0.373 e. The molecule has 23 heavy (non-hydrogen) atoms. The highest BCUT2D eigenvalue weighted by atomic mass is 16.1. The van der Waals surface area contributed by atoms with Gasteiger partial charge in [0.25, 0.3) is 5.56 Å². The van der Waals surface area contributed by atoms with E-state index >= 15 is 0 Å². The fourth-order valence-corrected chi connectivity index (χ4v) is 3.23. The Morgan fingerprint density at radius 2 is 2.30 bits per heavy atom. The SMILES string of the molecule is C=C(C)N1CCCC(n2ncc3c(=O)[nH]c(CC(C)C)nc32)C1. The Morgan fingerprint density at radius 3 is 3.00 bits per heavy atom. The number of nitrogens with zero attached hydrogens (tertiary/aromatic N) is 4. The highest BCUT2D eigenvalue weighted by molar-refractivity contribution is 5.73. The fourth-order valence-electron chi connectivity index (χ4n) is 3.23. The van der Waals surface area contributed by atoms with E-state index in [4.69, 9.17) is 0 Å². The van der Waals surface area contributed by atoms with Crippen LogP contribution >= 0.6 is 0 Å². The van der Waals surface area contributed by atoms with Crippen LogP contribution in [0.1, 0.15) is 45.5 Å². The Labute approximate surface area is 136 Å². The summed E-state index contributed by atoms with van der Waals surface area (Å²) in [6, 6.07) is 0.235. The van der Waals surface area contributed by atoms with Gasteiger partial charge in [0.2, 0.25) is 0 Å². The molecule has 1 aliphatic heterocycles. The monoisotopic (exact) mass is 315 g/mol. The molecular formula is C17H25N5O. The number of fused-ring (bicyclic) bond motifs is 1. The van der Waals surface area contributed by atoms with Crippen LogP contribution in [0.15, 0.2) is 23.3 Å². The van der Waals surface area contributed by atoms with E-state index in [0.717, 1.165) is 43.9 Å². The second kappa shape index (κ2) is 6.18. The molecule has 1 N–H and O–H groups in total. The molecule has 3 rings (SSSR count). The van der Waals surface area contributed by atoms with Gasteiger partial charge in [-0.1, -0.05) is 20.4 Å². The van der Waals surface area contributed by atoms with Crippen LogP contribution in [0, 0.1) is 5.92 Å². The molecule has 6 heteroatoms. The summed E-state index contributed by atoms with van der Waals surface area (Å²) in [5.74, 6) is 1.19. The Bertz CT molecular complexity index is 773. The summed E-state index contributed by atoms with van der Waals surface area (Å²) in [5.41, 5.74) is 1.69. The third-order valence-corrected chi connectivity index (χ3v) is 4.40.